The Morgan fingerprint density at radius 3 is 2.59 bits per heavy atom. The molecule has 1 fully saturated rings. The van der Waals surface area contributed by atoms with Crippen LogP contribution < -0.4 is 5.32 Å². The normalized spacial score (nSPS) is 16.7. The minimum Gasteiger partial charge on any atom is -0.480 e. The van der Waals surface area contributed by atoms with E-state index in [4.69, 9.17) is 17.3 Å². The monoisotopic (exact) mass is 406 g/mol. The number of carbonyl (C=O) groups excluding carboxylic acids is 2. The van der Waals surface area contributed by atoms with E-state index in [1.54, 1.807) is 6.08 Å². The topological polar surface area (TPSA) is 86.7 Å². The number of aliphatic carboxylic acids is 1. The molecule has 0 aliphatic carbocycles. The standard InChI is InChI=1S/C19H22N2O4S2/c1-3-4-14(18(24)25)20-16(22)9-10-21-17(23)15(27-19(21)26)11-13-7-5-12(2)6-8-13/h5-8,11,14H,3-4,9-10H2,1-2H3,(H,20,22)(H,24,25)/b15-11-. The Labute approximate surface area is 168 Å². The van der Waals surface area contributed by atoms with E-state index in [-0.39, 0.29) is 18.9 Å². The van der Waals surface area contributed by atoms with Crippen LogP contribution in [0, 0.1) is 6.92 Å². The minimum atomic E-state index is -1.06. The quantitative estimate of drug-likeness (QED) is 0.510. The molecular formula is C19H22N2O4S2. The van der Waals surface area contributed by atoms with Gasteiger partial charge in [0, 0.05) is 13.0 Å². The fraction of sp³-hybridized carbons (Fsp3) is 0.368. The number of thioether (sulfide) groups is 1. The van der Waals surface area contributed by atoms with Crippen LogP contribution in [0.25, 0.3) is 6.08 Å². The molecule has 0 saturated carbocycles. The number of hydrogen-bond donors (Lipinski definition) is 2. The summed E-state index contributed by atoms with van der Waals surface area (Å²) in [6.07, 6.45) is 2.79. The molecule has 0 bridgehead atoms. The molecule has 1 heterocycles. The molecule has 1 aromatic rings. The lowest BCUT2D eigenvalue weighted by atomic mass is 10.1. The van der Waals surface area contributed by atoms with Gasteiger partial charge in [-0.1, -0.05) is 67.2 Å². The van der Waals surface area contributed by atoms with Crippen LogP contribution in [0.1, 0.15) is 37.3 Å². The summed E-state index contributed by atoms with van der Waals surface area (Å²) in [7, 11) is 0. The van der Waals surface area contributed by atoms with Gasteiger partial charge in [-0.3, -0.25) is 14.5 Å². The number of amides is 2. The minimum absolute atomic E-state index is 0.00224. The summed E-state index contributed by atoms with van der Waals surface area (Å²) >= 11 is 6.46. The zero-order chi connectivity index (χ0) is 20.0. The van der Waals surface area contributed by atoms with Crippen molar-refractivity contribution in [1.29, 1.82) is 0 Å². The van der Waals surface area contributed by atoms with Gasteiger partial charge >= 0.3 is 5.97 Å². The van der Waals surface area contributed by atoms with E-state index in [0.29, 0.717) is 22.1 Å². The number of carbonyl (C=O) groups is 3. The highest BCUT2D eigenvalue weighted by Gasteiger charge is 2.32. The number of aryl methyl sites for hydroxylation is 1. The van der Waals surface area contributed by atoms with Crippen LogP contribution in [0.4, 0.5) is 0 Å². The number of carboxylic acids is 1. The zero-order valence-electron chi connectivity index (χ0n) is 15.2. The van der Waals surface area contributed by atoms with E-state index >= 15 is 0 Å². The molecule has 2 amide bonds. The van der Waals surface area contributed by atoms with Gasteiger partial charge in [0.15, 0.2) is 0 Å². The predicted molar refractivity (Wildman–Crippen MR) is 110 cm³/mol. The van der Waals surface area contributed by atoms with E-state index in [0.717, 1.165) is 11.1 Å². The molecular weight excluding hydrogens is 384 g/mol. The first kappa shape index (κ1) is 21.1. The van der Waals surface area contributed by atoms with Crippen molar-refractivity contribution in [2.45, 2.75) is 39.2 Å². The molecule has 2 N–H and O–H groups in total. The van der Waals surface area contributed by atoms with Crippen LogP contribution in [0.2, 0.25) is 0 Å². The number of nitrogens with zero attached hydrogens (tertiary/aromatic N) is 1. The van der Waals surface area contributed by atoms with Gasteiger partial charge in [-0.25, -0.2) is 4.79 Å². The fourth-order valence-electron chi connectivity index (χ4n) is 2.53. The molecule has 6 nitrogen and oxygen atoms in total. The second-order valence-electron chi connectivity index (χ2n) is 6.24. The third kappa shape index (κ3) is 5.90. The van der Waals surface area contributed by atoms with Gasteiger partial charge in [0.25, 0.3) is 5.91 Å². The summed E-state index contributed by atoms with van der Waals surface area (Å²) in [4.78, 5) is 37.6. The molecule has 0 radical (unpaired) electrons. The first-order valence-corrected chi connectivity index (χ1v) is 9.88. The number of hydrogen-bond acceptors (Lipinski definition) is 5. The van der Waals surface area contributed by atoms with Gasteiger partial charge in [0.05, 0.1) is 4.91 Å². The highest BCUT2D eigenvalue weighted by atomic mass is 32.2. The van der Waals surface area contributed by atoms with Gasteiger partial charge in [0.1, 0.15) is 10.4 Å². The maximum Gasteiger partial charge on any atom is 0.326 e. The molecule has 8 heteroatoms. The number of nitrogens with one attached hydrogen (secondary N) is 1. The summed E-state index contributed by atoms with van der Waals surface area (Å²) < 4.78 is 0.398. The molecule has 1 aromatic carbocycles. The molecule has 1 aliphatic heterocycles. The maximum atomic E-state index is 12.6. The Morgan fingerprint density at radius 2 is 2.00 bits per heavy atom. The van der Waals surface area contributed by atoms with Crippen LogP contribution in [0.3, 0.4) is 0 Å². The van der Waals surface area contributed by atoms with Gasteiger partial charge in [-0.15, -0.1) is 0 Å². The Balaban J connectivity index is 1.96. The molecule has 1 aliphatic rings. The fourth-order valence-corrected chi connectivity index (χ4v) is 3.84. The summed E-state index contributed by atoms with van der Waals surface area (Å²) in [6, 6.07) is 6.87. The number of benzene rings is 1. The van der Waals surface area contributed by atoms with Gasteiger partial charge in [0.2, 0.25) is 5.91 Å². The van der Waals surface area contributed by atoms with Crippen LogP contribution in [0.15, 0.2) is 29.2 Å². The number of thiocarbonyl (C=S) groups is 1. The molecule has 0 spiro atoms. The lowest BCUT2D eigenvalue weighted by Crippen LogP contribution is -2.42. The Hall–Kier alpha value is -2.19. The summed E-state index contributed by atoms with van der Waals surface area (Å²) in [5.74, 6) is -1.70. The molecule has 1 atom stereocenters. The van der Waals surface area contributed by atoms with Crippen molar-refractivity contribution >= 4 is 52.2 Å². The van der Waals surface area contributed by atoms with E-state index < -0.39 is 17.9 Å². The average molecular weight is 407 g/mol. The second kappa shape index (κ2) is 9.66. The number of carboxylic acid groups (broad SMARTS) is 1. The van der Waals surface area contributed by atoms with E-state index in [1.807, 2.05) is 38.1 Å². The first-order valence-electron chi connectivity index (χ1n) is 8.66. The van der Waals surface area contributed by atoms with Gasteiger partial charge < -0.3 is 10.4 Å². The lowest BCUT2D eigenvalue weighted by molar-refractivity contribution is -0.142. The number of rotatable bonds is 8. The lowest BCUT2D eigenvalue weighted by Gasteiger charge is -2.16. The molecule has 1 unspecified atom stereocenters. The zero-order valence-corrected chi connectivity index (χ0v) is 16.9. The maximum absolute atomic E-state index is 12.6. The second-order valence-corrected chi connectivity index (χ2v) is 7.92. The van der Waals surface area contributed by atoms with E-state index in [1.165, 1.54) is 16.7 Å². The van der Waals surface area contributed by atoms with Crippen molar-refractivity contribution in [3.63, 3.8) is 0 Å². The predicted octanol–water partition coefficient (Wildman–Crippen LogP) is 2.96. The third-order valence-electron chi connectivity index (χ3n) is 4.02. The van der Waals surface area contributed by atoms with Crippen molar-refractivity contribution in [2.75, 3.05) is 6.54 Å². The van der Waals surface area contributed by atoms with Crippen LogP contribution >= 0.6 is 24.0 Å². The van der Waals surface area contributed by atoms with Gasteiger partial charge in [-0.05, 0) is 25.0 Å². The van der Waals surface area contributed by atoms with Gasteiger partial charge in [-0.2, -0.15) is 0 Å². The molecule has 1 saturated heterocycles. The van der Waals surface area contributed by atoms with Crippen LogP contribution in [-0.4, -0.2) is 44.7 Å². The molecule has 2 rings (SSSR count). The Morgan fingerprint density at radius 1 is 1.33 bits per heavy atom. The van der Waals surface area contributed by atoms with Crippen LogP contribution in [-0.2, 0) is 14.4 Å². The summed E-state index contributed by atoms with van der Waals surface area (Å²) in [6.45, 7) is 3.96. The highest BCUT2D eigenvalue weighted by Crippen LogP contribution is 2.32. The highest BCUT2D eigenvalue weighted by molar-refractivity contribution is 8.26. The Bertz CT molecular complexity index is 774. The smallest absolute Gasteiger partial charge is 0.326 e. The van der Waals surface area contributed by atoms with Crippen LogP contribution in [0.5, 0.6) is 0 Å². The van der Waals surface area contributed by atoms with Crippen molar-refractivity contribution in [1.82, 2.24) is 10.2 Å². The van der Waals surface area contributed by atoms with E-state index in [2.05, 4.69) is 5.32 Å². The van der Waals surface area contributed by atoms with E-state index in [9.17, 15) is 14.4 Å². The van der Waals surface area contributed by atoms with Crippen molar-refractivity contribution in [3.8, 4) is 0 Å². The summed E-state index contributed by atoms with van der Waals surface area (Å²) in [5, 5.41) is 11.6. The molecule has 27 heavy (non-hydrogen) atoms. The van der Waals surface area contributed by atoms with Crippen molar-refractivity contribution in [2.24, 2.45) is 0 Å². The third-order valence-corrected chi connectivity index (χ3v) is 5.40. The molecule has 0 aromatic heterocycles. The Kier molecular flexibility index (Phi) is 7.55. The van der Waals surface area contributed by atoms with Crippen molar-refractivity contribution < 1.29 is 19.5 Å². The molecule has 144 valence electrons. The first-order chi connectivity index (χ1) is 12.8. The SMILES string of the molecule is CCCC(NC(=O)CCN1C(=O)/C(=C/c2ccc(C)cc2)SC1=S)C(=O)O. The average Bonchev–Trinajstić information content (AvgIpc) is 2.88. The van der Waals surface area contributed by atoms with Crippen molar-refractivity contribution in [3.05, 3.63) is 40.3 Å². The largest absolute Gasteiger partial charge is 0.480 e. The summed E-state index contributed by atoms with van der Waals surface area (Å²) in [5.41, 5.74) is 2.04.